The zero-order valence-electron chi connectivity index (χ0n) is 8.72. The molecule has 0 heterocycles. The van der Waals surface area contributed by atoms with Gasteiger partial charge in [0.2, 0.25) is 0 Å². The zero-order valence-corrected chi connectivity index (χ0v) is 10.3. The highest BCUT2D eigenvalue weighted by Gasteiger charge is 2.10. The van der Waals surface area contributed by atoms with Crippen molar-refractivity contribution < 1.29 is 14.8 Å². The van der Waals surface area contributed by atoms with Crippen LogP contribution in [0.5, 0.6) is 5.75 Å². The van der Waals surface area contributed by atoms with Gasteiger partial charge in [-0.3, -0.25) is 10.1 Å². The van der Waals surface area contributed by atoms with Crippen LogP contribution in [0.25, 0.3) is 0 Å². The van der Waals surface area contributed by atoms with Crippen molar-refractivity contribution in [3.8, 4) is 5.75 Å². The Morgan fingerprint density at radius 3 is 2.81 bits per heavy atom. The van der Waals surface area contributed by atoms with E-state index in [9.17, 15) is 15.2 Å². The number of halogens is 1. The van der Waals surface area contributed by atoms with Crippen LogP contribution in [0.2, 0.25) is 0 Å². The first-order valence-electron chi connectivity index (χ1n) is 4.66. The lowest BCUT2D eigenvalue weighted by molar-refractivity contribution is -0.384. The largest absolute Gasteiger partial charge is 0.491 e. The highest BCUT2D eigenvalue weighted by atomic mass is 79.9. The molecule has 0 aliphatic heterocycles. The topological polar surface area (TPSA) is 72.6 Å². The molecule has 1 rings (SSSR count). The van der Waals surface area contributed by atoms with E-state index < -0.39 is 11.0 Å². The van der Waals surface area contributed by atoms with Crippen LogP contribution in [0.3, 0.4) is 0 Å². The van der Waals surface area contributed by atoms with Crippen LogP contribution in [-0.4, -0.2) is 28.1 Å². The third-order valence-corrected chi connectivity index (χ3v) is 2.73. The summed E-state index contributed by atoms with van der Waals surface area (Å²) in [5, 5.41) is 20.2. The van der Waals surface area contributed by atoms with E-state index in [-0.39, 0.29) is 12.3 Å². The maximum atomic E-state index is 10.5. The lowest BCUT2D eigenvalue weighted by Gasteiger charge is -2.11. The van der Waals surface area contributed by atoms with Gasteiger partial charge in [0.1, 0.15) is 12.4 Å². The Morgan fingerprint density at radius 1 is 1.62 bits per heavy atom. The van der Waals surface area contributed by atoms with Gasteiger partial charge in [0.15, 0.2) is 0 Å². The van der Waals surface area contributed by atoms with Gasteiger partial charge in [0, 0.05) is 17.5 Å². The van der Waals surface area contributed by atoms with Crippen molar-refractivity contribution in [1.82, 2.24) is 0 Å². The van der Waals surface area contributed by atoms with Crippen LogP contribution < -0.4 is 4.74 Å². The number of rotatable bonds is 5. The van der Waals surface area contributed by atoms with Gasteiger partial charge in [0.25, 0.3) is 5.69 Å². The molecule has 0 saturated carbocycles. The average molecular weight is 290 g/mol. The number of benzene rings is 1. The summed E-state index contributed by atoms with van der Waals surface area (Å²) in [6.45, 7) is 1.88. The number of aryl methyl sites for hydroxylation is 1. The van der Waals surface area contributed by atoms with E-state index in [1.165, 1.54) is 18.2 Å². The summed E-state index contributed by atoms with van der Waals surface area (Å²) in [4.78, 5) is 10.0. The first-order valence-corrected chi connectivity index (χ1v) is 5.78. The SMILES string of the molecule is Cc1cc([N+](=O)[O-])ccc1OCC(O)CBr. The maximum Gasteiger partial charge on any atom is 0.269 e. The van der Waals surface area contributed by atoms with Gasteiger partial charge in [-0.2, -0.15) is 0 Å². The number of aliphatic hydroxyl groups is 1. The van der Waals surface area contributed by atoms with Crippen molar-refractivity contribution in [3.63, 3.8) is 0 Å². The number of nitro groups is 1. The molecule has 0 radical (unpaired) electrons. The summed E-state index contributed by atoms with van der Waals surface area (Å²) < 4.78 is 5.32. The van der Waals surface area contributed by atoms with Gasteiger partial charge in [0.05, 0.1) is 11.0 Å². The number of hydrogen-bond acceptors (Lipinski definition) is 4. The average Bonchev–Trinajstić information content (AvgIpc) is 2.26. The maximum absolute atomic E-state index is 10.5. The van der Waals surface area contributed by atoms with Crippen LogP contribution in [0.4, 0.5) is 5.69 Å². The van der Waals surface area contributed by atoms with Crippen LogP contribution in [0.1, 0.15) is 5.56 Å². The van der Waals surface area contributed by atoms with E-state index >= 15 is 0 Å². The Morgan fingerprint density at radius 2 is 2.31 bits per heavy atom. The number of nitrogens with zero attached hydrogens (tertiary/aromatic N) is 1. The molecule has 0 amide bonds. The van der Waals surface area contributed by atoms with E-state index in [0.717, 1.165) is 0 Å². The summed E-state index contributed by atoms with van der Waals surface area (Å²) in [7, 11) is 0. The Labute approximate surface area is 101 Å². The molecule has 0 spiro atoms. The van der Waals surface area contributed by atoms with Crippen molar-refractivity contribution >= 4 is 21.6 Å². The molecular weight excluding hydrogens is 278 g/mol. The van der Waals surface area contributed by atoms with Gasteiger partial charge >= 0.3 is 0 Å². The van der Waals surface area contributed by atoms with Gasteiger partial charge in [-0.15, -0.1) is 0 Å². The molecule has 6 heteroatoms. The number of nitro benzene ring substituents is 1. The molecule has 16 heavy (non-hydrogen) atoms. The minimum Gasteiger partial charge on any atom is -0.491 e. The van der Waals surface area contributed by atoms with Crippen molar-refractivity contribution in [2.75, 3.05) is 11.9 Å². The molecule has 0 fully saturated rings. The normalized spacial score (nSPS) is 12.2. The van der Waals surface area contributed by atoms with Crippen LogP contribution >= 0.6 is 15.9 Å². The Hall–Kier alpha value is -1.14. The fourth-order valence-corrected chi connectivity index (χ4v) is 1.33. The third kappa shape index (κ3) is 3.46. The molecule has 1 unspecified atom stereocenters. The van der Waals surface area contributed by atoms with Crippen LogP contribution in [0, 0.1) is 17.0 Å². The molecule has 0 bridgehead atoms. The molecule has 5 nitrogen and oxygen atoms in total. The van der Waals surface area contributed by atoms with Crippen molar-refractivity contribution in [1.29, 1.82) is 0 Å². The lowest BCUT2D eigenvalue weighted by atomic mass is 10.2. The first kappa shape index (κ1) is 12.9. The smallest absolute Gasteiger partial charge is 0.269 e. The van der Waals surface area contributed by atoms with Crippen molar-refractivity contribution in [2.24, 2.45) is 0 Å². The fourth-order valence-electron chi connectivity index (χ4n) is 1.14. The molecule has 0 aliphatic carbocycles. The molecule has 1 aromatic rings. The van der Waals surface area contributed by atoms with Crippen molar-refractivity contribution in [2.45, 2.75) is 13.0 Å². The molecule has 0 saturated heterocycles. The summed E-state index contributed by atoms with van der Waals surface area (Å²) in [5.74, 6) is 0.547. The third-order valence-electron chi connectivity index (χ3n) is 1.98. The van der Waals surface area contributed by atoms with E-state index in [1.807, 2.05) is 0 Å². The van der Waals surface area contributed by atoms with Gasteiger partial charge in [-0.1, -0.05) is 15.9 Å². The van der Waals surface area contributed by atoms with E-state index in [0.29, 0.717) is 16.6 Å². The summed E-state index contributed by atoms with van der Waals surface area (Å²) >= 11 is 3.12. The second-order valence-electron chi connectivity index (χ2n) is 3.33. The number of alkyl halides is 1. The molecule has 1 N–H and O–H groups in total. The van der Waals surface area contributed by atoms with E-state index in [4.69, 9.17) is 4.74 Å². The van der Waals surface area contributed by atoms with Gasteiger partial charge in [-0.25, -0.2) is 0 Å². The number of aliphatic hydroxyl groups excluding tert-OH is 1. The highest BCUT2D eigenvalue weighted by molar-refractivity contribution is 9.09. The Balaban J connectivity index is 2.72. The van der Waals surface area contributed by atoms with Gasteiger partial charge in [-0.05, 0) is 18.6 Å². The molecule has 0 aromatic heterocycles. The molecule has 0 aliphatic rings. The molecule has 88 valence electrons. The zero-order chi connectivity index (χ0) is 12.1. The Bertz CT molecular complexity index is 383. The summed E-state index contributed by atoms with van der Waals surface area (Å²) in [5.41, 5.74) is 0.710. The number of hydrogen-bond donors (Lipinski definition) is 1. The summed E-state index contributed by atoms with van der Waals surface area (Å²) in [6, 6.07) is 4.35. The second kappa shape index (κ2) is 5.81. The molecule has 1 atom stereocenters. The first-order chi connectivity index (χ1) is 7.54. The minimum absolute atomic E-state index is 0.0332. The monoisotopic (exact) mass is 289 g/mol. The van der Waals surface area contributed by atoms with Gasteiger partial charge < -0.3 is 9.84 Å². The fraction of sp³-hybridized carbons (Fsp3) is 0.400. The second-order valence-corrected chi connectivity index (χ2v) is 3.97. The molecular formula is C10H12BrNO4. The molecule has 1 aromatic carbocycles. The predicted octanol–water partition coefficient (Wildman–Crippen LogP) is 2.04. The highest BCUT2D eigenvalue weighted by Crippen LogP contribution is 2.23. The lowest BCUT2D eigenvalue weighted by Crippen LogP contribution is -2.18. The van der Waals surface area contributed by atoms with E-state index in [1.54, 1.807) is 6.92 Å². The number of non-ortho nitro benzene ring substituents is 1. The van der Waals surface area contributed by atoms with Crippen LogP contribution in [-0.2, 0) is 0 Å². The van der Waals surface area contributed by atoms with Crippen LogP contribution in [0.15, 0.2) is 18.2 Å². The predicted molar refractivity (Wildman–Crippen MR) is 63.1 cm³/mol. The minimum atomic E-state index is -0.588. The van der Waals surface area contributed by atoms with E-state index in [2.05, 4.69) is 15.9 Å². The van der Waals surface area contributed by atoms with Crippen molar-refractivity contribution in [3.05, 3.63) is 33.9 Å². The Kier molecular flexibility index (Phi) is 4.70. The number of ether oxygens (including phenoxy) is 1. The summed E-state index contributed by atoms with van der Waals surface area (Å²) in [6.07, 6.45) is -0.588. The standard InChI is InChI=1S/C10H12BrNO4/c1-7-4-8(12(14)15)2-3-10(7)16-6-9(13)5-11/h2-4,9,13H,5-6H2,1H3. The quantitative estimate of drug-likeness (QED) is 0.511.